The molecule has 1 rings (SSSR count). The summed E-state index contributed by atoms with van der Waals surface area (Å²) >= 11 is 0. The van der Waals surface area contributed by atoms with Gasteiger partial charge in [0.25, 0.3) is 0 Å². The molecule has 102 valence electrons. The summed E-state index contributed by atoms with van der Waals surface area (Å²) in [4.78, 5) is 0.0856. The van der Waals surface area contributed by atoms with Crippen LogP contribution in [0.4, 0.5) is 0 Å². The van der Waals surface area contributed by atoms with Crippen molar-refractivity contribution >= 4 is 10.0 Å². The molecule has 0 unspecified atom stereocenters. The van der Waals surface area contributed by atoms with E-state index >= 15 is 0 Å². The molecule has 6 heteroatoms. The van der Waals surface area contributed by atoms with Crippen LogP contribution in [0.25, 0.3) is 0 Å². The number of aliphatic hydroxyl groups excluding tert-OH is 1. The lowest BCUT2D eigenvalue weighted by atomic mass is 10.2. The van der Waals surface area contributed by atoms with Crippen LogP contribution < -0.4 is 9.46 Å². The highest BCUT2D eigenvalue weighted by atomic mass is 32.2. The lowest BCUT2D eigenvalue weighted by molar-refractivity contribution is 0.253. The molecule has 5 nitrogen and oxygen atoms in total. The maximum absolute atomic E-state index is 12.1. The summed E-state index contributed by atoms with van der Waals surface area (Å²) < 4.78 is 31.8. The molecule has 2 N–H and O–H groups in total. The topological polar surface area (TPSA) is 75.6 Å². The molecule has 0 saturated carbocycles. The molecule has 0 amide bonds. The number of ether oxygens (including phenoxy) is 1. The Kier molecular flexibility index (Phi) is 5.13. The van der Waals surface area contributed by atoms with Crippen molar-refractivity contribution in [3.05, 3.63) is 23.8 Å². The third kappa shape index (κ3) is 3.44. The van der Waals surface area contributed by atoms with E-state index in [4.69, 9.17) is 9.84 Å². The molecule has 0 fully saturated rings. The van der Waals surface area contributed by atoms with E-state index < -0.39 is 16.1 Å². The second-order valence-electron chi connectivity index (χ2n) is 4.06. The van der Waals surface area contributed by atoms with Crippen molar-refractivity contribution in [1.29, 1.82) is 0 Å². The Labute approximate surface area is 108 Å². The predicted molar refractivity (Wildman–Crippen MR) is 69.2 cm³/mol. The van der Waals surface area contributed by atoms with Gasteiger partial charge >= 0.3 is 0 Å². The average molecular weight is 273 g/mol. The number of aliphatic hydroxyl groups is 1. The molecular weight excluding hydrogens is 254 g/mol. The van der Waals surface area contributed by atoms with Gasteiger partial charge < -0.3 is 9.84 Å². The van der Waals surface area contributed by atoms with E-state index in [2.05, 4.69) is 4.72 Å². The number of hydrogen-bond donors (Lipinski definition) is 2. The van der Waals surface area contributed by atoms with Crippen LogP contribution in [0.1, 0.15) is 18.9 Å². The van der Waals surface area contributed by atoms with E-state index in [1.807, 2.05) is 6.92 Å². The third-order valence-electron chi connectivity index (χ3n) is 2.64. The van der Waals surface area contributed by atoms with Crippen molar-refractivity contribution in [2.75, 3.05) is 13.7 Å². The Morgan fingerprint density at radius 1 is 1.44 bits per heavy atom. The summed E-state index contributed by atoms with van der Waals surface area (Å²) in [5, 5.41) is 9.05. The second kappa shape index (κ2) is 6.17. The standard InChI is InChI=1S/C12H19NO4S/c1-4-10(8-14)13-18(15,16)12-6-5-9(2)7-11(12)17-3/h5-7,10,13-14H,4,8H2,1-3H3/t10-/m0/s1. The first-order valence-electron chi connectivity index (χ1n) is 5.72. The van der Waals surface area contributed by atoms with Crippen molar-refractivity contribution in [3.8, 4) is 5.75 Å². The van der Waals surface area contributed by atoms with Gasteiger partial charge in [-0.1, -0.05) is 13.0 Å². The normalized spacial score (nSPS) is 13.3. The number of rotatable bonds is 6. The number of aryl methyl sites for hydroxylation is 1. The minimum atomic E-state index is -3.68. The molecule has 0 heterocycles. The molecule has 18 heavy (non-hydrogen) atoms. The lowest BCUT2D eigenvalue weighted by Crippen LogP contribution is -2.37. The van der Waals surface area contributed by atoms with Crippen molar-refractivity contribution in [1.82, 2.24) is 4.72 Å². The summed E-state index contributed by atoms with van der Waals surface area (Å²) in [5.74, 6) is 0.301. The van der Waals surface area contributed by atoms with Gasteiger partial charge in [-0.3, -0.25) is 0 Å². The molecule has 0 aliphatic rings. The molecule has 0 saturated heterocycles. The molecule has 0 radical (unpaired) electrons. The Hall–Kier alpha value is -1.11. The maximum Gasteiger partial charge on any atom is 0.244 e. The molecule has 1 aromatic carbocycles. The van der Waals surface area contributed by atoms with Gasteiger partial charge in [-0.05, 0) is 31.0 Å². The number of hydrogen-bond acceptors (Lipinski definition) is 4. The Morgan fingerprint density at radius 2 is 2.11 bits per heavy atom. The average Bonchev–Trinajstić information content (AvgIpc) is 2.35. The zero-order valence-corrected chi connectivity index (χ0v) is 11.6. The fraction of sp³-hybridized carbons (Fsp3) is 0.500. The minimum Gasteiger partial charge on any atom is -0.495 e. The zero-order valence-electron chi connectivity index (χ0n) is 10.8. The highest BCUT2D eigenvalue weighted by Crippen LogP contribution is 2.24. The van der Waals surface area contributed by atoms with Gasteiger partial charge in [0.2, 0.25) is 10.0 Å². The zero-order chi connectivity index (χ0) is 13.8. The first kappa shape index (κ1) is 14.9. The lowest BCUT2D eigenvalue weighted by Gasteiger charge is -2.16. The molecular formula is C12H19NO4S. The highest BCUT2D eigenvalue weighted by Gasteiger charge is 2.22. The van der Waals surface area contributed by atoms with Crippen LogP contribution in [-0.2, 0) is 10.0 Å². The number of benzene rings is 1. The predicted octanol–water partition coefficient (Wildman–Crippen LogP) is 1.05. The van der Waals surface area contributed by atoms with Gasteiger partial charge in [-0.25, -0.2) is 13.1 Å². The largest absolute Gasteiger partial charge is 0.495 e. The van der Waals surface area contributed by atoms with Crippen LogP contribution in [0, 0.1) is 6.92 Å². The number of methoxy groups -OCH3 is 1. The maximum atomic E-state index is 12.1. The van der Waals surface area contributed by atoms with E-state index in [-0.39, 0.29) is 11.5 Å². The van der Waals surface area contributed by atoms with Crippen molar-refractivity contribution < 1.29 is 18.3 Å². The second-order valence-corrected chi connectivity index (χ2v) is 5.75. The van der Waals surface area contributed by atoms with Gasteiger partial charge in [0, 0.05) is 6.04 Å². The first-order valence-corrected chi connectivity index (χ1v) is 7.20. The molecule has 0 aliphatic heterocycles. The van der Waals surface area contributed by atoms with Gasteiger partial charge in [-0.15, -0.1) is 0 Å². The molecule has 0 bridgehead atoms. The monoisotopic (exact) mass is 273 g/mol. The molecule has 0 aliphatic carbocycles. The Bertz CT molecular complexity index is 495. The van der Waals surface area contributed by atoms with Gasteiger partial charge in [-0.2, -0.15) is 0 Å². The third-order valence-corrected chi connectivity index (χ3v) is 4.20. The number of nitrogens with one attached hydrogen (secondary N) is 1. The van der Waals surface area contributed by atoms with E-state index in [0.29, 0.717) is 12.2 Å². The van der Waals surface area contributed by atoms with E-state index in [9.17, 15) is 8.42 Å². The molecule has 0 spiro atoms. The SMILES string of the molecule is CC[C@@H](CO)NS(=O)(=O)c1ccc(C)cc1OC. The first-order chi connectivity index (χ1) is 8.44. The van der Waals surface area contributed by atoms with Crippen LogP contribution in [-0.4, -0.2) is 33.3 Å². The fourth-order valence-corrected chi connectivity index (χ4v) is 2.99. The molecule has 1 atom stereocenters. The van der Waals surface area contributed by atoms with Gasteiger partial charge in [0.1, 0.15) is 10.6 Å². The summed E-state index contributed by atoms with van der Waals surface area (Å²) in [5.41, 5.74) is 0.917. The van der Waals surface area contributed by atoms with E-state index in [1.165, 1.54) is 13.2 Å². The van der Waals surface area contributed by atoms with Crippen molar-refractivity contribution in [2.45, 2.75) is 31.2 Å². The number of sulfonamides is 1. The van der Waals surface area contributed by atoms with Gasteiger partial charge in [0.05, 0.1) is 13.7 Å². The Morgan fingerprint density at radius 3 is 2.61 bits per heavy atom. The Balaban J connectivity index is 3.12. The van der Waals surface area contributed by atoms with Crippen LogP contribution >= 0.6 is 0 Å². The smallest absolute Gasteiger partial charge is 0.244 e. The van der Waals surface area contributed by atoms with Crippen LogP contribution in [0.15, 0.2) is 23.1 Å². The summed E-state index contributed by atoms with van der Waals surface area (Å²) in [6, 6.07) is 4.38. The van der Waals surface area contributed by atoms with Crippen LogP contribution in [0.2, 0.25) is 0 Å². The highest BCUT2D eigenvalue weighted by molar-refractivity contribution is 7.89. The quantitative estimate of drug-likeness (QED) is 0.812. The van der Waals surface area contributed by atoms with Crippen molar-refractivity contribution in [2.24, 2.45) is 0 Å². The fourth-order valence-electron chi connectivity index (χ4n) is 1.53. The molecule has 0 aromatic heterocycles. The molecule has 1 aromatic rings. The summed E-state index contributed by atoms with van der Waals surface area (Å²) in [6.07, 6.45) is 0.518. The summed E-state index contributed by atoms with van der Waals surface area (Å²) in [7, 11) is -2.25. The van der Waals surface area contributed by atoms with Crippen LogP contribution in [0.5, 0.6) is 5.75 Å². The van der Waals surface area contributed by atoms with Crippen LogP contribution in [0.3, 0.4) is 0 Å². The van der Waals surface area contributed by atoms with E-state index in [0.717, 1.165) is 5.56 Å². The minimum absolute atomic E-state index is 0.0856. The van der Waals surface area contributed by atoms with Crippen molar-refractivity contribution in [3.63, 3.8) is 0 Å². The van der Waals surface area contributed by atoms with Gasteiger partial charge in [0.15, 0.2) is 0 Å². The van der Waals surface area contributed by atoms with E-state index in [1.54, 1.807) is 19.1 Å². The summed E-state index contributed by atoms with van der Waals surface area (Å²) in [6.45, 7) is 3.43.